The van der Waals surface area contributed by atoms with E-state index in [1.165, 1.54) is 19.0 Å². The summed E-state index contributed by atoms with van der Waals surface area (Å²) in [6, 6.07) is 1.83. The molecule has 21 heavy (non-hydrogen) atoms. The number of hydrogen-bond acceptors (Lipinski definition) is 4. The molecule has 0 aliphatic heterocycles. The Hall–Kier alpha value is -1.14. The van der Waals surface area contributed by atoms with E-state index < -0.39 is 10.0 Å². The molecule has 5 nitrogen and oxygen atoms in total. The average Bonchev–Trinajstić information content (AvgIpc) is 3.07. The lowest BCUT2D eigenvalue weighted by Crippen LogP contribution is -2.38. The quantitative estimate of drug-likeness (QED) is 0.846. The van der Waals surface area contributed by atoms with Crippen molar-refractivity contribution in [3.8, 4) is 0 Å². The highest BCUT2D eigenvalue weighted by Crippen LogP contribution is 2.44. The van der Waals surface area contributed by atoms with Gasteiger partial charge in [0.05, 0.1) is 5.69 Å². The van der Waals surface area contributed by atoms with Crippen LogP contribution in [-0.4, -0.2) is 26.0 Å². The molecule has 0 radical (unpaired) electrons. The van der Waals surface area contributed by atoms with Gasteiger partial charge in [-0.25, -0.2) is 13.1 Å². The molecular formula is C15H23N3O2S. The Morgan fingerprint density at radius 2 is 2.19 bits per heavy atom. The van der Waals surface area contributed by atoms with Crippen LogP contribution >= 0.6 is 0 Å². The van der Waals surface area contributed by atoms with Crippen molar-refractivity contribution in [1.29, 1.82) is 0 Å². The zero-order valence-corrected chi connectivity index (χ0v) is 13.2. The lowest BCUT2D eigenvalue weighted by atomic mass is 9.96. The Balaban J connectivity index is 1.78. The van der Waals surface area contributed by atoms with E-state index in [1.807, 2.05) is 0 Å². The zero-order valence-electron chi connectivity index (χ0n) is 12.4. The first-order valence-corrected chi connectivity index (χ1v) is 9.28. The summed E-state index contributed by atoms with van der Waals surface area (Å²) in [5.41, 5.74) is 0.641. The molecule has 0 saturated heterocycles. The van der Waals surface area contributed by atoms with E-state index in [0.29, 0.717) is 17.5 Å². The topological polar surface area (TPSA) is 71.1 Å². The summed E-state index contributed by atoms with van der Waals surface area (Å²) >= 11 is 0. The molecule has 2 saturated carbocycles. The monoisotopic (exact) mass is 309 g/mol. The molecule has 1 aromatic rings. The van der Waals surface area contributed by atoms with Crippen LogP contribution in [0.5, 0.6) is 0 Å². The first-order chi connectivity index (χ1) is 10.1. The summed E-state index contributed by atoms with van der Waals surface area (Å²) in [7, 11) is -3.50. The maximum atomic E-state index is 12.7. The lowest BCUT2D eigenvalue weighted by Gasteiger charge is -2.23. The number of rotatable bonds is 6. The van der Waals surface area contributed by atoms with Crippen molar-refractivity contribution >= 4 is 15.7 Å². The fourth-order valence-electron chi connectivity index (χ4n) is 3.65. The highest BCUT2D eigenvalue weighted by Gasteiger charge is 2.41. The van der Waals surface area contributed by atoms with Crippen molar-refractivity contribution in [2.45, 2.75) is 50.0 Å². The molecule has 0 aromatic carbocycles. The predicted molar refractivity (Wildman–Crippen MR) is 82.6 cm³/mol. The Kier molecular flexibility index (Phi) is 4.17. The fraction of sp³-hybridized carbons (Fsp3) is 0.667. The standard InChI is InChI=1S/C15H23N3O2S/c1-2-6-17-13-5-7-16-10-15(13)21(19,20)18-14-9-11-3-4-12(14)8-11/h5,7,10-12,14,18H,2-4,6,8-9H2,1H3,(H,16,17). The molecule has 1 aromatic heterocycles. The molecule has 2 aliphatic rings. The largest absolute Gasteiger partial charge is 0.384 e. The van der Waals surface area contributed by atoms with Gasteiger partial charge in [-0.3, -0.25) is 4.98 Å². The van der Waals surface area contributed by atoms with Crippen molar-refractivity contribution in [1.82, 2.24) is 9.71 Å². The van der Waals surface area contributed by atoms with Crippen molar-refractivity contribution < 1.29 is 8.42 Å². The number of hydrogen-bond donors (Lipinski definition) is 2. The summed E-state index contributed by atoms with van der Waals surface area (Å²) < 4.78 is 28.2. The van der Waals surface area contributed by atoms with Gasteiger partial charge in [0.2, 0.25) is 10.0 Å². The molecule has 0 spiro atoms. The maximum absolute atomic E-state index is 12.7. The van der Waals surface area contributed by atoms with Crippen LogP contribution in [0, 0.1) is 11.8 Å². The molecule has 0 amide bonds. The summed E-state index contributed by atoms with van der Waals surface area (Å²) in [5, 5.41) is 3.17. The van der Waals surface area contributed by atoms with Gasteiger partial charge < -0.3 is 5.32 Å². The van der Waals surface area contributed by atoms with Gasteiger partial charge in [-0.05, 0) is 43.6 Å². The van der Waals surface area contributed by atoms with Crippen LogP contribution in [0.25, 0.3) is 0 Å². The van der Waals surface area contributed by atoms with E-state index in [-0.39, 0.29) is 10.9 Å². The molecule has 3 atom stereocenters. The predicted octanol–water partition coefficient (Wildman–Crippen LogP) is 2.37. The van der Waals surface area contributed by atoms with Crippen LogP contribution < -0.4 is 10.0 Å². The molecule has 116 valence electrons. The Bertz CT molecular complexity index is 603. The second kappa shape index (κ2) is 5.93. The van der Waals surface area contributed by atoms with E-state index >= 15 is 0 Å². The SMILES string of the molecule is CCCNc1ccncc1S(=O)(=O)NC1CC2CCC1C2. The molecule has 2 aliphatic carbocycles. The molecular weight excluding hydrogens is 286 g/mol. The Morgan fingerprint density at radius 3 is 2.86 bits per heavy atom. The van der Waals surface area contributed by atoms with Gasteiger partial charge in [0.15, 0.2) is 0 Å². The second-order valence-electron chi connectivity index (χ2n) is 6.20. The minimum atomic E-state index is -3.50. The number of sulfonamides is 1. The summed E-state index contributed by atoms with van der Waals surface area (Å²) in [5.74, 6) is 1.24. The van der Waals surface area contributed by atoms with E-state index in [2.05, 4.69) is 21.9 Å². The summed E-state index contributed by atoms with van der Waals surface area (Å²) in [4.78, 5) is 4.25. The first kappa shape index (κ1) is 14.8. The van der Waals surface area contributed by atoms with Gasteiger partial charge in [0.25, 0.3) is 0 Å². The van der Waals surface area contributed by atoms with Crippen molar-refractivity contribution in [2.75, 3.05) is 11.9 Å². The van der Waals surface area contributed by atoms with Crippen LogP contribution in [0.15, 0.2) is 23.4 Å². The number of aromatic nitrogens is 1. The smallest absolute Gasteiger partial charge is 0.244 e. The molecule has 6 heteroatoms. The van der Waals surface area contributed by atoms with Crippen molar-refractivity contribution in [3.05, 3.63) is 18.5 Å². The first-order valence-electron chi connectivity index (χ1n) is 7.80. The third kappa shape index (κ3) is 3.06. The van der Waals surface area contributed by atoms with Crippen LogP contribution in [-0.2, 0) is 10.0 Å². The van der Waals surface area contributed by atoms with Gasteiger partial charge in [-0.15, -0.1) is 0 Å². The number of pyridine rings is 1. The maximum Gasteiger partial charge on any atom is 0.244 e. The van der Waals surface area contributed by atoms with Crippen LogP contribution in [0.3, 0.4) is 0 Å². The zero-order chi connectivity index (χ0) is 14.9. The van der Waals surface area contributed by atoms with Crippen molar-refractivity contribution in [3.63, 3.8) is 0 Å². The molecule has 3 rings (SSSR count). The van der Waals surface area contributed by atoms with E-state index in [1.54, 1.807) is 12.3 Å². The average molecular weight is 309 g/mol. The fourth-order valence-corrected chi connectivity index (χ4v) is 5.10. The third-order valence-electron chi connectivity index (χ3n) is 4.68. The van der Waals surface area contributed by atoms with Gasteiger partial charge in [0.1, 0.15) is 4.90 Å². The molecule has 2 fully saturated rings. The van der Waals surface area contributed by atoms with Crippen LogP contribution in [0.4, 0.5) is 5.69 Å². The van der Waals surface area contributed by atoms with Crippen LogP contribution in [0.2, 0.25) is 0 Å². The molecule has 2 N–H and O–H groups in total. The van der Waals surface area contributed by atoms with Crippen molar-refractivity contribution in [2.24, 2.45) is 11.8 Å². The normalized spacial score (nSPS) is 28.0. The van der Waals surface area contributed by atoms with Crippen LogP contribution in [0.1, 0.15) is 39.0 Å². The second-order valence-corrected chi connectivity index (χ2v) is 7.88. The van der Waals surface area contributed by atoms with Gasteiger partial charge in [0, 0.05) is 25.0 Å². The lowest BCUT2D eigenvalue weighted by molar-refractivity contribution is 0.390. The molecule has 3 unspecified atom stereocenters. The van der Waals surface area contributed by atoms with Gasteiger partial charge >= 0.3 is 0 Å². The van der Waals surface area contributed by atoms with E-state index in [0.717, 1.165) is 25.8 Å². The van der Waals surface area contributed by atoms with Gasteiger partial charge in [-0.2, -0.15) is 0 Å². The Morgan fingerprint density at radius 1 is 1.33 bits per heavy atom. The summed E-state index contributed by atoms with van der Waals surface area (Å²) in [6.45, 7) is 2.80. The molecule has 2 bridgehead atoms. The van der Waals surface area contributed by atoms with Gasteiger partial charge in [-0.1, -0.05) is 13.3 Å². The summed E-state index contributed by atoms with van der Waals surface area (Å²) in [6.07, 6.45) is 8.59. The Labute approximate surface area is 126 Å². The number of nitrogens with one attached hydrogen (secondary N) is 2. The third-order valence-corrected chi connectivity index (χ3v) is 6.20. The highest BCUT2D eigenvalue weighted by atomic mass is 32.2. The molecule has 1 heterocycles. The number of nitrogens with zero attached hydrogens (tertiary/aromatic N) is 1. The van der Waals surface area contributed by atoms with E-state index in [4.69, 9.17) is 0 Å². The highest BCUT2D eigenvalue weighted by molar-refractivity contribution is 7.89. The van der Waals surface area contributed by atoms with E-state index in [9.17, 15) is 8.42 Å². The minimum absolute atomic E-state index is 0.105. The number of anilines is 1. The minimum Gasteiger partial charge on any atom is -0.384 e. The number of fused-ring (bicyclic) bond motifs is 2.